The molecule has 134 valence electrons. The number of aromatic nitrogens is 1. The van der Waals surface area contributed by atoms with Gasteiger partial charge in [-0.1, -0.05) is 31.7 Å². The van der Waals surface area contributed by atoms with E-state index in [2.05, 4.69) is 10.3 Å². The van der Waals surface area contributed by atoms with E-state index < -0.39 is 9.84 Å². The summed E-state index contributed by atoms with van der Waals surface area (Å²) in [4.78, 5) is 16.2. The molecule has 7 heteroatoms. The zero-order valence-corrected chi connectivity index (χ0v) is 15.9. The van der Waals surface area contributed by atoms with E-state index >= 15 is 0 Å². The second-order valence-corrected chi connectivity index (χ2v) is 9.15. The highest BCUT2D eigenvalue weighted by atomic mass is 32.2. The first-order valence-corrected chi connectivity index (χ1v) is 10.7. The zero-order valence-electron chi connectivity index (χ0n) is 14.3. The number of rotatable bonds is 7. The highest BCUT2D eigenvalue weighted by Gasteiger charge is 2.15. The molecule has 0 spiro atoms. The summed E-state index contributed by atoms with van der Waals surface area (Å²) >= 11 is 1.14. The smallest absolute Gasteiger partial charge is 0.283 e. The van der Waals surface area contributed by atoms with Crippen LogP contribution in [-0.2, 0) is 15.6 Å². The SMILES string of the molecule is CC(C)CCS(=O)(=O)c1ccc(NC(=O)SCc2cccnc2)cc1. The number of anilines is 1. The van der Waals surface area contributed by atoms with Crippen LogP contribution in [0.4, 0.5) is 10.5 Å². The summed E-state index contributed by atoms with van der Waals surface area (Å²) in [6, 6.07) is 10.0. The molecule has 2 aromatic rings. The predicted molar refractivity (Wildman–Crippen MR) is 103 cm³/mol. The number of carbonyl (C=O) groups excluding carboxylic acids is 1. The van der Waals surface area contributed by atoms with Crippen molar-refractivity contribution in [1.82, 2.24) is 4.98 Å². The van der Waals surface area contributed by atoms with Gasteiger partial charge in [-0.05, 0) is 48.2 Å². The summed E-state index contributed by atoms with van der Waals surface area (Å²) < 4.78 is 24.5. The predicted octanol–water partition coefficient (Wildman–Crippen LogP) is 4.37. The fraction of sp³-hybridized carbons (Fsp3) is 0.333. The quantitative estimate of drug-likeness (QED) is 0.774. The monoisotopic (exact) mass is 378 g/mol. The third kappa shape index (κ3) is 6.51. The maximum atomic E-state index is 12.2. The van der Waals surface area contributed by atoms with E-state index in [1.165, 1.54) is 12.1 Å². The van der Waals surface area contributed by atoms with E-state index in [-0.39, 0.29) is 15.9 Å². The summed E-state index contributed by atoms with van der Waals surface area (Å²) in [7, 11) is -3.27. The van der Waals surface area contributed by atoms with Crippen molar-refractivity contribution in [3.8, 4) is 0 Å². The van der Waals surface area contributed by atoms with Gasteiger partial charge < -0.3 is 5.32 Å². The minimum absolute atomic E-state index is 0.136. The van der Waals surface area contributed by atoms with E-state index in [1.54, 1.807) is 24.5 Å². The number of carbonyl (C=O) groups is 1. The number of nitrogens with one attached hydrogen (secondary N) is 1. The highest BCUT2D eigenvalue weighted by molar-refractivity contribution is 8.13. The fourth-order valence-corrected chi connectivity index (χ4v) is 4.27. The van der Waals surface area contributed by atoms with Crippen LogP contribution in [0.25, 0.3) is 0 Å². The third-order valence-electron chi connectivity index (χ3n) is 3.52. The van der Waals surface area contributed by atoms with Gasteiger partial charge >= 0.3 is 0 Å². The van der Waals surface area contributed by atoms with Crippen molar-refractivity contribution < 1.29 is 13.2 Å². The molecule has 1 amide bonds. The topological polar surface area (TPSA) is 76.1 Å². The van der Waals surface area contributed by atoms with Crippen molar-refractivity contribution in [1.29, 1.82) is 0 Å². The summed E-state index contributed by atoms with van der Waals surface area (Å²) in [5, 5.41) is 2.55. The second-order valence-electron chi connectivity index (χ2n) is 6.09. The van der Waals surface area contributed by atoms with Crippen LogP contribution in [0, 0.1) is 5.92 Å². The number of nitrogens with zero attached hydrogens (tertiary/aromatic N) is 1. The molecule has 1 aromatic carbocycles. The molecule has 2 rings (SSSR count). The average Bonchev–Trinajstić information content (AvgIpc) is 2.60. The number of benzene rings is 1. The second kappa shape index (κ2) is 9.01. The first-order chi connectivity index (χ1) is 11.9. The average molecular weight is 379 g/mol. The molecular weight excluding hydrogens is 356 g/mol. The van der Waals surface area contributed by atoms with E-state index in [9.17, 15) is 13.2 Å². The lowest BCUT2D eigenvalue weighted by molar-refractivity contribution is 0.269. The fourth-order valence-electron chi connectivity index (χ4n) is 2.04. The van der Waals surface area contributed by atoms with E-state index in [4.69, 9.17) is 0 Å². The van der Waals surface area contributed by atoms with Crippen LogP contribution in [-0.4, -0.2) is 24.4 Å². The molecule has 0 aliphatic rings. The van der Waals surface area contributed by atoms with Crippen LogP contribution in [0.5, 0.6) is 0 Å². The van der Waals surface area contributed by atoms with Crippen molar-refractivity contribution in [3.63, 3.8) is 0 Å². The number of hydrogen-bond donors (Lipinski definition) is 1. The van der Waals surface area contributed by atoms with Crippen molar-refractivity contribution in [3.05, 3.63) is 54.4 Å². The van der Waals surface area contributed by atoms with Gasteiger partial charge in [0.1, 0.15) is 0 Å². The molecule has 0 bridgehead atoms. The van der Waals surface area contributed by atoms with Crippen LogP contribution in [0.1, 0.15) is 25.8 Å². The zero-order chi connectivity index (χ0) is 18.3. The van der Waals surface area contributed by atoms with E-state index in [0.29, 0.717) is 23.8 Å². The van der Waals surface area contributed by atoms with Crippen LogP contribution in [0.2, 0.25) is 0 Å². The van der Waals surface area contributed by atoms with Crippen molar-refractivity contribution in [2.45, 2.75) is 30.9 Å². The molecule has 0 atom stereocenters. The Morgan fingerprint density at radius 3 is 2.52 bits per heavy atom. The van der Waals surface area contributed by atoms with Gasteiger partial charge in [-0.15, -0.1) is 0 Å². The molecule has 1 aromatic heterocycles. The van der Waals surface area contributed by atoms with Gasteiger partial charge in [-0.25, -0.2) is 8.42 Å². The lowest BCUT2D eigenvalue weighted by Crippen LogP contribution is -2.10. The van der Waals surface area contributed by atoms with Gasteiger partial charge in [0.25, 0.3) is 5.24 Å². The normalized spacial score (nSPS) is 11.5. The number of hydrogen-bond acceptors (Lipinski definition) is 5. The molecule has 0 fully saturated rings. The maximum Gasteiger partial charge on any atom is 0.283 e. The molecular formula is C18H22N2O3S2. The van der Waals surface area contributed by atoms with Gasteiger partial charge in [0.15, 0.2) is 9.84 Å². The molecule has 0 aliphatic heterocycles. The van der Waals surface area contributed by atoms with Crippen molar-refractivity contribution in [2.75, 3.05) is 11.1 Å². The highest BCUT2D eigenvalue weighted by Crippen LogP contribution is 2.19. The number of sulfone groups is 1. The summed E-state index contributed by atoms with van der Waals surface area (Å²) in [6.07, 6.45) is 4.04. The molecule has 25 heavy (non-hydrogen) atoms. The van der Waals surface area contributed by atoms with Crippen LogP contribution >= 0.6 is 11.8 Å². The Kier molecular flexibility index (Phi) is 7.01. The van der Waals surface area contributed by atoms with Crippen LogP contribution in [0.15, 0.2) is 53.7 Å². The van der Waals surface area contributed by atoms with Gasteiger partial charge in [0.05, 0.1) is 10.6 Å². The number of pyridine rings is 1. The van der Waals surface area contributed by atoms with Gasteiger partial charge in [-0.3, -0.25) is 9.78 Å². The lowest BCUT2D eigenvalue weighted by atomic mass is 10.2. The Hall–Kier alpha value is -1.86. The number of amides is 1. The van der Waals surface area contributed by atoms with E-state index in [1.807, 2.05) is 26.0 Å². The first-order valence-electron chi connectivity index (χ1n) is 8.02. The van der Waals surface area contributed by atoms with Crippen molar-refractivity contribution >= 4 is 32.5 Å². The maximum absolute atomic E-state index is 12.2. The Bertz CT molecular complexity index is 789. The first kappa shape index (κ1) is 19.5. The Morgan fingerprint density at radius 2 is 1.92 bits per heavy atom. The molecule has 0 unspecified atom stereocenters. The Morgan fingerprint density at radius 1 is 1.20 bits per heavy atom. The molecule has 0 saturated heterocycles. The number of thioether (sulfide) groups is 1. The van der Waals surface area contributed by atoms with Crippen molar-refractivity contribution in [2.24, 2.45) is 5.92 Å². The third-order valence-corrected chi connectivity index (χ3v) is 6.12. The minimum Gasteiger partial charge on any atom is -0.317 e. The molecule has 1 heterocycles. The summed E-state index contributed by atoms with van der Waals surface area (Å²) in [6.45, 7) is 3.99. The van der Waals surface area contributed by atoms with Crippen LogP contribution in [0.3, 0.4) is 0 Å². The molecule has 0 radical (unpaired) electrons. The molecule has 1 N–H and O–H groups in total. The summed E-state index contributed by atoms with van der Waals surface area (Å²) in [5.41, 5.74) is 1.54. The van der Waals surface area contributed by atoms with Gasteiger partial charge in [0, 0.05) is 23.8 Å². The van der Waals surface area contributed by atoms with Crippen LogP contribution < -0.4 is 5.32 Å². The largest absolute Gasteiger partial charge is 0.317 e. The van der Waals surface area contributed by atoms with Gasteiger partial charge in [-0.2, -0.15) is 0 Å². The van der Waals surface area contributed by atoms with E-state index in [0.717, 1.165) is 17.3 Å². The Labute approximate surface area is 153 Å². The molecule has 0 aliphatic carbocycles. The standard InChI is InChI=1S/C18H22N2O3S2/c1-14(2)9-11-25(22,23)17-7-5-16(6-8-17)20-18(21)24-13-15-4-3-10-19-12-15/h3-8,10,12,14H,9,11,13H2,1-2H3,(H,20,21). The minimum atomic E-state index is -3.27. The Balaban J connectivity index is 1.90. The molecule has 0 saturated carbocycles. The van der Waals surface area contributed by atoms with Gasteiger partial charge in [0.2, 0.25) is 0 Å². The lowest BCUT2D eigenvalue weighted by Gasteiger charge is -2.08. The summed E-state index contributed by atoms with van der Waals surface area (Å²) in [5.74, 6) is 1.00. The molecule has 5 nitrogen and oxygen atoms in total.